The van der Waals surface area contributed by atoms with Crippen LogP contribution < -0.4 is 4.74 Å². The Bertz CT molecular complexity index is 774. The average molecular weight is 331 g/mol. The van der Waals surface area contributed by atoms with Crippen LogP contribution in [0.15, 0.2) is 66.9 Å². The molecule has 128 valence electrons. The van der Waals surface area contributed by atoms with Crippen molar-refractivity contribution in [3.8, 4) is 28.0 Å². The first-order valence-electron chi connectivity index (χ1n) is 9.08. The van der Waals surface area contributed by atoms with E-state index in [4.69, 9.17) is 4.74 Å². The van der Waals surface area contributed by atoms with Crippen molar-refractivity contribution < 1.29 is 4.74 Å². The summed E-state index contributed by atoms with van der Waals surface area (Å²) in [5.41, 5.74) is 5.95. The molecule has 0 radical (unpaired) electrons. The lowest BCUT2D eigenvalue weighted by Gasteiger charge is -2.07. The molecule has 0 saturated heterocycles. The second-order valence-corrected chi connectivity index (χ2v) is 6.18. The summed E-state index contributed by atoms with van der Waals surface area (Å²) in [6.07, 6.45) is 5.45. The quantitative estimate of drug-likeness (QED) is 0.517. The van der Waals surface area contributed by atoms with E-state index in [-0.39, 0.29) is 0 Å². The summed E-state index contributed by atoms with van der Waals surface area (Å²) in [4.78, 5) is 4.59. The van der Waals surface area contributed by atoms with Crippen molar-refractivity contribution in [3.05, 3.63) is 72.6 Å². The van der Waals surface area contributed by atoms with Crippen molar-refractivity contribution in [1.29, 1.82) is 0 Å². The minimum atomic E-state index is 0.694. The highest BCUT2D eigenvalue weighted by Crippen LogP contribution is 2.26. The SMILES string of the molecule is CCCCc1ccc(-c2ccc(-c3ccc(OCC)cc3)cc2)cn1. The lowest BCUT2D eigenvalue weighted by atomic mass is 10.0. The maximum Gasteiger partial charge on any atom is 0.119 e. The first-order chi connectivity index (χ1) is 12.3. The molecule has 0 saturated carbocycles. The Morgan fingerprint density at radius 1 is 0.720 bits per heavy atom. The molecule has 0 spiro atoms. The van der Waals surface area contributed by atoms with Crippen LogP contribution in [0.2, 0.25) is 0 Å². The molecular formula is C23H25NO. The van der Waals surface area contributed by atoms with E-state index in [1.807, 2.05) is 25.3 Å². The Kier molecular flexibility index (Phi) is 5.84. The standard InChI is InChI=1S/C23H25NO/c1-3-5-6-22-14-11-21(17-24-22)20-9-7-18(8-10-20)19-12-15-23(16-13-19)25-4-2/h7-17H,3-6H2,1-2H3. The summed E-state index contributed by atoms with van der Waals surface area (Å²) in [5, 5.41) is 0. The van der Waals surface area contributed by atoms with Gasteiger partial charge in [0.25, 0.3) is 0 Å². The Morgan fingerprint density at radius 3 is 1.80 bits per heavy atom. The topological polar surface area (TPSA) is 22.1 Å². The van der Waals surface area contributed by atoms with Gasteiger partial charge in [0.05, 0.1) is 6.61 Å². The van der Waals surface area contributed by atoms with Gasteiger partial charge in [0, 0.05) is 17.5 Å². The van der Waals surface area contributed by atoms with Crippen LogP contribution in [0.4, 0.5) is 0 Å². The zero-order chi connectivity index (χ0) is 17.5. The number of pyridine rings is 1. The predicted octanol–water partition coefficient (Wildman–Crippen LogP) is 6.16. The molecule has 2 heteroatoms. The van der Waals surface area contributed by atoms with Crippen LogP contribution in [0.1, 0.15) is 32.4 Å². The van der Waals surface area contributed by atoms with E-state index >= 15 is 0 Å². The molecule has 0 bridgehead atoms. The fourth-order valence-electron chi connectivity index (χ4n) is 2.87. The molecule has 3 rings (SSSR count). The molecule has 0 N–H and O–H groups in total. The molecule has 1 heterocycles. The van der Waals surface area contributed by atoms with Crippen LogP contribution in [0.3, 0.4) is 0 Å². The summed E-state index contributed by atoms with van der Waals surface area (Å²) in [7, 11) is 0. The van der Waals surface area contributed by atoms with Gasteiger partial charge in [0.15, 0.2) is 0 Å². The van der Waals surface area contributed by atoms with Crippen LogP contribution in [-0.2, 0) is 6.42 Å². The maximum atomic E-state index is 5.50. The molecule has 0 unspecified atom stereocenters. The van der Waals surface area contributed by atoms with Crippen molar-refractivity contribution in [2.24, 2.45) is 0 Å². The smallest absolute Gasteiger partial charge is 0.119 e. The van der Waals surface area contributed by atoms with Gasteiger partial charge in [0.2, 0.25) is 0 Å². The number of aromatic nitrogens is 1. The highest BCUT2D eigenvalue weighted by molar-refractivity contribution is 5.70. The second kappa shape index (κ2) is 8.48. The zero-order valence-electron chi connectivity index (χ0n) is 15.0. The van der Waals surface area contributed by atoms with Gasteiger partial charge in [-0.3, -0.25) is 4.98 Å². The average Bonchev–Trinajstić information content (AvgIpc) is 2.68. The minimum Gasteiger partial charge on any atom is -0.494 e. The molecule has 1 aromatic heterocycles. The van der Waals surface area contributed by atoms with E-state index < -0.39 is 0 Å². The van der Waals surface area contributed by atoms with Gasteiger partial charge >= 0.3 is 0 Å². The molecule has 0 aliphatic heterocycles. The van der Waals surface area contributed by atoms with E-state index in [0.29, 0.717) is 6.61 Å². The molecule has 0 aliphatic carbocycles. The van der Waals surface area contributed by atoms with Gasteiger partial charge in [-0.15, -0.1) is 0 Å². The molecule has 25 heavy (non-hydrogen) atoms. The molecule has 0 amide bonds. The first kappa shape index (κ1) is 17.2. The number of hydrogen-bond acceptors (Lipinski definition) is 2. The largest absolute Gasteiger partial charge is 0.494 e. The van der Waals surface area contributed by atoms with Crippen molar-refractivity contribution in [2.75, 3.05) is 6.61 Å². The van der Waals surface area contributed by atoms with Crippen LogP contribution in [0.5, 0.6) is 5.75 Å². The predicted molar refractivity (Wildman–Crippen MR) is 105 cm³/mol. The van der Waals surface area contributed by atoms with Gasteiger partial charge in [-0.1, -0.05) is 55.8 Å². The second-order valence-electron chi connectivity index (χ2n) is 6.18. The number of rotatable bonds is 7. The van der Waals surface area contributed by atoms with E-state index in [1.165, 1.54) is 40.8 Å². The normalized spacial score (nSPS) is 10.6. The van der Waals surface area contributed by atoms with E-state index in [2.05, 4.69) is 60.4 Å². The van der Waals surface area contributed by atoms with Crippen LogP contribution >= 0.6 is 0 Å². The Hall–Kier alpha value is -2.61. The first-order valence-corrected chi connectivity index (χ1v) is 9.08. The molecule has 3 aromatic rings. The van der Waals surface area contributed by atoms with Crippen LogP contribution in [0.25, 0.3) is 22.3 Å². The van der Waals surface area contributed by atoms with Crippen molar-refractivity contribution in [1.82, 2.24) is 4.98 Å². The Balaban J connectivity index is 1.73. The van der Waals surface area contributed by atoms with Gasteiger partial charge in [-0.2, -0.15) is 0 Å². The number of ether oxygens (including phenoxy) is 1. The lowest BCUT2D eigenvalue weighted by Crippen LogP contribution is -1.91. The molecule has 2 nitrogen and oxygen atoms in total. The number of benzene rings is 2. The molecule has 0 atom stereocenters. The maximum absolute atomic E-state index is 5.50. The molecule has 0 fully saturated rings. The van der Waals surface area contributed by atoms with Gasteiger partial charge in [0.1, 0.15) is 5.75 Å². The van der Waals surface area contributed by atoms with Crippen molar-refractivity contribution >= 4 is 0 Å². The number of hydrogen-bond donors (Lipinski definition) is 0. The van der Waals surface area contributed by atoms with Crippen molar-refractivity contribution in [3.63, 3.8) is 0 Å². The number of aryl methyl sites for hydroxylation is 1. The summed E-state index contributed by atoms with van der Waals surface area (Å²) in [6, 6.07) is 21.2. The van der Waals surface area contributed by atoms with Gasteiger partial charge in [-0.25, -0.2) is 0 Å². The third kappa shape index (κ3) is 4.48. The lowest BCUT2D eigenvalue weighted by molar-refractivity contribution is 0.340. The number of nitrogens with zero attached hydrogens (tertiary/aromatic N) is 1. The zero-order valence-corrected chi connectivity index (χ0v) is 15.0. The van der Waals surface area contributed by atoms with Gasteiger partial charge < -0.3 is 4.74 Å². The minimum absolute atomic E-state index is 0.694. The fourth-order valence-corrected chi connectivity index (χ4v) is 2.87. The van der Waals surface area contributed by atoms with E-state index in [0.717, 1.165) is 12.2 Å². The van der Waals surface area contributed by atoms with Gasteiger partial charge in [-0.05, 0) is 54.7 Å². The molecule has 2 aromatic carbocycles. The monoisotopic (exact) mass is 331 g/mol. The molecule has 0 aliphatic rings. The highest BCUT2D eigenvalue weighted by atomic mass is 16.5. The summed E-state index contributed by atoms with van der Waals surface area (Å²) in [5.74, 6) is 0.914. The summed E-state index contributed by atoms with van der Waals surface area (Å²) >= 11 is 0. The molecular weight excluding hydrogens is 306 g/mol. The fraction of sp³-hybridized carbons (Fsp3) is 0.261. The highest BCUT2D eigenvalue weighted by Gasteiger charge is 2.02. The number of unbranched alkanes of at least 4 members (excludes halogenated alkanes) is 1. The van der Waals surface area contributed by atoms with E-state index in [9.17, 15) is 0 Å². The Morgan fingerprint density at radius 2 is 1.28 bits per heavy atom. The van der Waals surface area contributed by atoms with Crippen molar-refractivity contribution in [2.45, 2.75) is 33.1 Å². The third-order valence-electron chi connectivity index (χ3n) is 4.33. The Labute approximate surface area is 150 Å². The van der Waals surface area contributed by atoms with Crippen LogP contribution in [-0.4, -0.2) is 11.6 Å². The summed E-state index contributed by atoms with van der Waals surface area (Å²) in [6.45, 7) is 4.90. The van der Waals surface area contributed by atoms with Crippen LogP contribution in [0, 0.1) is 0 Å². The summed E-state index contributed by atoms with van der Waals surface area (Å²) < 4.78 is 5.50. The third-order valence-corrected chi connectivity index (χ3v) is 4.33. The van der Waals surface area contributed by atoms with E-state index in [1.54, 1.807) is 0 Å².